The van der Waals surface area contributed by atoms with E-state index in [9.17, 15) is 4.79 Å². The van der Waals surface area contributed by atoms with E-state index in [1.54, 1.807) is 23.7 Å². The molecule has 1 unspecified atom stereocenters. The highest BCUT2D eigenvalue weighted by molar-refractivity contribution is 7.10. The topological polar surface area (TPSA) is 73.4 Å². The standard InChI is InChI=1S/C21H22N6OS/c1-26-7-9-27(10-8-26)15-4-5-17-16(11-15)19(25-21(28)24-17)20-23-18(13-29-20)14-3-2-6-22-12-14/h2-6,11-13,19H,7-10H2,1H3,(H2,24,25,28). The molecule has 2 aliphatic rings. The molecule has 29 heavy (non-hydrogen) atoms. The number of urea groups is 1. The lowest BCUT2D eigenvalue weighted by atomic mass is 10.0. The van der Waals surface area contributed by atoms with Crippen LogP contribution in [0.15, 0.2) is 48.1 Å². The number of piperazine rings is 1. The van der Waals surface area contributed by atoms with E-state index in [0.29, 0.717) is 0 Å². The van der Waals surface area contributed by atoms with Gasteiger partial charge in [-0.15, -0.1) is 11.3 Å². The van der Waals surface area contributed by atoms with Crippen LogP contribution in [-0.2, 0) is 0 Å². The maximum Gasteiger partial charge on any atom is 0.320 e. The third-order valence-corrected chi connectivity index (χ3v) is 6.37. The minimum absolute atomic E-state index is 0.201. The van der Waals surface area contributed by atoms with Gasteiger partial charge in [0.15, 0.2) is 0 Å². The summed E-state index contributed by atoms with van der Waals surface area (Å²) in [6.07, 6.45) is 3.55. The van der Waals surface area contributed by atoms with E-state index in [4.69, 9.17) is 4.98 Å². The van der Waals surface area contributed by atoms with E-state index in [2.05, 4.69) is 44.6 Å². The van der Waals surface area contributed by atoms with Crippen molar-refractivity contribution in [3.8, 4) is 11.3 Å². The summed E-state index contributed by atoms with van der Waals surface area (Å²) in [5, 5.41) is 8.86. The van der Waals surface area contributed by atoms with Gasteiger partial charge in [-0.1, -0.05) is 0 Å². The predicted octanol–water partition coefficient (Wildman–Crippen LogP) is 3.18. The number of carbonyl (C=O) groups is 1. The van der Waals surface area contributed by atoms with Gasteiger partial charge in [-0.3, -0.25) is 4.98 Å². The van der Waals surface area contributed by atoms with Gasteiger partial charge in [0.25, 0.3) is 0 Å². The first kappa shape index (κ1) is 18.1. The number of likely N-dealkylation sites (N-methyl/N-ethyl adjacent to an activating group) is 1. The summed E-state index contributed by atoms with van der Waals surface area (Å²) in [5.41, 5.74) is 4.93. The monoisotopic (exact) mass is 406 g/mol. The lowest BCUT2D eigenvalue weighted by Gasteiger charge is -2.35. The van der Waals surface area contributed by atoms with Crippen LogP contribution in [-0.4, -0.2) is 54.1 Å². The van der Waals surface area contributed by atoms with Crippen LogP contribution in [0.25, 0.3) is 11.3 Å². The first-order valence-electron chi connectivity index (χ1n) is 9.68. The van der Waals surface area contributed by atoms with Crippen LogP contribution in [0.2, 0.25) is 0 Å². The molecule has 0 spiro atoms. The zero-order chi connectivity index (χ0) is 19.8. The number of pyridine rings is 1. The maximum atomic E-state index is 12.2. The maximum absolute atomic E-state index is 12.2. The lowest BCUT2D eigenvalue weighted by molar-refractivity contribution is 0.249. The molecule has 5 rings (SSSR count). The average molecular weight is 407 g/mol. The summed E-state index contributed by atoms with van der Waals surface area (Å²) < 4.78 is 0. The number of anilines is 2. The van der Waals surface area contributed by atoms with Crippen LogP contribution in [0.3, 0.4) is 0 Å². The number of hydrogen-bond acceptors (Lipinski definition) is 6. The zero-order valence-electron chi connectivity index (χ0n) is 16.1. The Labute approximate surface area is 173 Å². The van der Waals surface area contributed by atoms with Crippen molar-refractivity contribution in [3.05, 3.63) is 58.7 Å². The Bertz CT molecular complexity index is 1030. The zero-order valence-corrected chi connectivity index (χ0v) is 16.9. The van der Waals surface area contributed by atoms with Crippen molar-refractivity contribution in [3.63, 3.8) is 0 Å². The SMILES string of the molecule is CN1CCN(c2ccc3c(c2)C(c2nc(-c4cccnc4)cs2)NC(=O)N3)CC1. The quantitative estimate of drug-likeness (QED) is 0.699. The van der Waals surface area contributed by atoms with Gasteiger partial charge in [-0.05, 0) is 37.4 Å². The van der Waals surface area contributed by atoms with E-state index >= 15 is 0 Å². The van der Waals surface area contributed by atoms with Crippen LogP contribution in [0.1, 0.15) is 16.6 Å². The third kappa shape index (κ3) is 3.56. The molecule has 2 N–H and O–H groups in total. The summed E-state index contributed by atoms with van der Waals surface area (Å²) >= 11 is 1.56. The van der Waals surface area contributed by atoms with Gasteiger partial charge in [-0.25, -0.2) is 9.78 Å². The fourth-order valence-corrected chi connectivity index (χ4v) is 4.69. The molecular weight excluding hydrogens is 384 g/mol. The number of rotatable bonds is 3. The minimum Gasteiger partial charge on any atom is -0.369 e. The largest absolute Gasteiger partial charge is 0.369 e. The van der Waals surface area contributed by atoms with Crippen molar-refractivity contribution in [2.24, 2.45) is 0 Å². The van der Waals surface area contributed by atoms with Crippen molar-refractivity contribution >= 4 is 28.7 Å². The molecule has 2 amide bonds. The second kappa shape index (κ2) is 7.46. The molecule has 1 saturated heterocycles. The van der Waals surface area contributed by atoms with E-state index < -0.39 is 0 Å². The van der Waals surface area contributed by atoms with Crippen molar-refractivity contribution in [1.82, 2.24) is 20.2 Å². The van der Waals surface area contributed by atoms with Crippen LogP contribution < -0.4 is 15.5 Å². The highest BCUT2D eigenvalue weighted by Crippen LogP contribution is 2.37. The Morgan fingerprint density at radius 1 is 1.17 bits per heavy atom. The van der Waals surface area contributed by atoms with E-state index in [1.165, 1.54) is 5.69 Å². The Morgan fingerprint density at radius 2 is 2.03 bits per heavy atom. The summed E-state index contributed by atoms with van der Waals surface area (Å²) in [4.78, 5) is 26.0. The Kier molecular flexibility index (Phi) is 4.65. The van der Waals surface area contributed by atoms with Crippen molar-refractivity contribution in [2.45, 2.75) is 6.04 Å². The molecule has 148 valence electrons. The number of hydrogen-bond donors (Lipinski definition) is 2. The van der Waals surface area contributed by atoms with Gasteiger partial charge in [0.2, 0.25) is 0 Å². The van der Waals surface area contributed by atoms with Gasteiger partial charge in [-0.2, -0.15) is 0 Å². The molecule has 8 heteroatoms. The molecule has 0 radical (unpaired) electrons. The number of aromatic nitrogens is 2. The molecule has 2 aliphatic heterocycles. The van der Waals surface area contributed by atoms with Gasteiger partial charge in [0.1, 0.15) is 11.0 Å². The van der Waals surface area contributed by atoms with Crippen molar-refractivity contribution in [1.29, 1.82) is 0 Å². The minimum atomic E-state index is -0.262. The Morgan fingerprint density at radius 3 is 2.83 bits per heavy atom. The Balaban J connectivity index is 1.48. The molecule has 4 heterocycles. The van der Waals surface area contributed by atoms with E-state index in [-0.39, 0.29) is 12.1 Å². The van der Waals surface area contributed by atoms with Crippen LogP contribution in [0.4, 0.5) is 16.2 Å². The molecular formula is C21H22N6OS. The summed E-state index contributed by atoms with van der Waals surface area (Å²) in [6, 6.07) is 9.71. The lowest BCUT2D eigenvalue weighted by Crippen LogP contribution is -2.44. The highest BCUT2D eigenvalue weighted by atomic mass is 32.1. The fourth-order valence-electron chi connectivity index (χ4n) is 3.79. The molecule has 7 nitrogen and oxygen atoms in total. The van der Waals surface area contributed by atoms with Gasteiger partial charge in [0, 0.05) is 66.5 Å². The number of benzene rings is 1. The second-order valence-corrected chi connectivity index (χ2v) is 8.30. The number of fused-ring (bicyclic) bond motifs is 1. The molecule has 1 aromatic carbocycles. The van der Waals surface area contributed by atoms with Gasteiger partial charge >= 0.3 is 6.03 Å². The van der Waals surface area contributed by atoms with Crippen molar-refractivity contribution in [2.75, 3.05) is 43.4 Å². The average Bonchev–Trinajstić information content (AvgIpc) is 3.24. The van der Waals surface area contributed by atoms with Crippen LogP contribution in [0.5, 0.6) is 0 Å². The normalized spacial score (nSPS) is 19.4. The molecule has 3 aromatic rings. The van der Waals surface area contributed by atoms with E-state index in [1.807, 2.05) is 23.6 Å². The number of nitrogens with one attached hydrogen (secondary N) is 2. The number of amides is 2. The van der Waals surface area contributed by atoms with Gasteiger partial charge in [0.05, 0.1) is 5.69 Å². The highest BCUT2D eigenvalue weighted by Gasteiger charge is 2.29. The summed E-state index contributed by atoms with van der Waals surface area (Å²) in [5.74, 6) is 0. The van der Waals surface area contributed by atoms with E-state index in [0.717, 1.165) is 53.7 Å². The summed E-state index contributed by atoms with van der Waals surface area (Å²) in [6.45, 7) is 4.11. The van der Waals surface area contributed by atoms with Gasteiger partial charge < -0.3 is 20.4 Å². The van der Waals surface area contributed by atoms with Crippen LogP contribution >= 0.6 is 11.3 Å². The predicted molar refractivity (Wildman–Crippen MR) is 115 cm³/mol. The number of thiazole rings is 1. The second-order valence-electron chi connectivity index (χ2n) is 7.41. The number of nitrogens with zero attached hydrogens (tertiary/aromatic N) is 4. The molecule has 2 aromatic heterocycles. The molecule has 0 aliphatic carbocycles. The summed E-state index contributed by atoms with van der Waals surface area (Å²) in [7, 11) is 2.15. The third-order valence-electron chi connectivity index (χ3n) is 5.46. The smallest absolute Gasteiger partial charge is 0.320 e. The number of carbonyl (C=O) groups excluding carboxylic acids is 1. The van der Waals surface area contributed by atoms with Crippen LogP contribution in [0, 0.1) is 0 Å². The molecule has 0 bridgehead atoms. The van der Waals surface area contributed by atoms with Crippen molar-refractivity contribution < 1.29 is 4.79 Å². The Hall–Kier alpha value is -2.97. The molecule has 1 atom stereocenters. The fraction of sp³-hybridized carbons (Fsp3) is 0.286. The molecule has 0 saturated carbocycles. The molecule has 1 fully saturated rings. The first-order valence-corrected chi connectivity index (χ1v) is 10.6. The first-order chi connectivity index (χ1) is 14.2.